The van der Waals surface area contributed by atoms with Crippen molar-refractivity contribution in [3.05, 3.63) is 36.8 Å². The number of aliphatic carboxylic acids is 1. The second-order valence-electron chi connectivity index (χ2n) is 2.53. The molecule has 0 atom stereocenters. The molecular formula is C10H13O4. The van der Waals surface area contributed by atoms with E-state index in [1.807, 2.05) is 0 Å². The third-order valence-electron chi connectivity index (χ3n) is 1.34. The third-order valence-corrected chi connectivity index (χ3v) is 1.34. The van der Waals surface area contributed by atoms with E-state index in [1.54, 1.807) is 24.3 Å². The van der Waals surface area contributed by atoms with Crippen molar-refractivity contribution in [2.45, 2.75) is 6.42 Å². The first-order chi connectivity index (χ1) is 6.56. The minimum atomic E-state index is -1.08. The number of aromatic hydroxyl groups is 1. The van der Waals surface area contributed by atoms with Crippen molar-refractivity contribution in [3.8, 4) is 5.75 Å². The summed E-state index contributed by atoms with van der Waals surface area (Å²) in [6, 6.07) is 6.83. The molecular weight excluding hydrogens is 184 g/mol. The number of rotatable bonds is 2. The van der Waals surface area contributed by atoms with Crippen molar-refractivity contribution in [1.82, 2.24) is 0 Å². The molecule has 1 aromatic rings. The van der Waals surface area contributed by atoms with E-state index in [0.29, 0.717) is 6.42 Å². The Morgan fingerprint density at radius 1 is 1.29 bits per heavy atom. The van der Waals surface area contributed by atoms with Gasteiger partial charge in [0.15, 0.2) is 0 Å². The average molecular weight is 197 g/mol. The van der Waals surface area contributed by atoms with Crippen molar-refractivity contribution in [3.63, 3.8) is 0 Å². The molecule has 4 nitrogen and oxygen atoms in total. The van der Waals surface area contributed by atoms with Crippen molar-refractivity contribution >= 4 is 5.97 Å². The van der Waals surface area contributed by atoms with Crippen molar-refractivity contribution in [1.29, 1.82) is 0 Å². The van der Waals surface area contributed by atoms with E-state index in [0.717, 1.165) is 5.56 Å². The van der Waals surface area contributed by atoms with Crippen LogP contribution in [0.25, 0.3) is 0 Å². The summed E-state index contributed by atoms with van der Waals surface area (Å²) in [6.45, 7) is 2.71. The zero-order valence-electron chi connectivity index (χ0n) is 7.68. The Morgan fingerprint density at radius 2 is 1.71 bits per heavy atom. The van der Waals surface area contributed by atoms with Crippen LogP contribution >= 0.6 is 0 Å². The molecule has 4 heteroatoms. The van der Waals surface area contributed by atoms with Crippen LogP contribution in [0.5, 0.6) is 5.75 Å². The van der Waals surface area contributed by atoms with E-state index in [2.05, 4.69) is 6.92 Å². The van der Waals surface area contributed by atoms with E-state index in [1.165, 1.54) is 0 Å². The van der Waals surface area contributed by atoms with Crippen LogP contribution in [0.15, 0.2) is 24.3 Å². The topological polar surface area (TPSA) is 77.8 Å². The molecule has 0 heterocycles. The Bertz CT molecular complexity index is 262. The van der Waals surface area contributed by atoms with Gasteiger partial charge in [-0.3, -0.25) is 4.79 Å². The fourth-order valence-corrected chi connectivity index (χ4v) is 0.792. The number of aliphatic hydroxyl groups is 1. The number of hydrogen-bond acceptors (Lipinski definition) is 3. The largest absolute Gasteiger partial charge is 0.508 e. The summed E-state index contributed by atoms with van der Waals surface area (Å²) in [5.41, 5.74) is 1.04. The summed E-state index contributed by atoms with van der Waals surface area (Å²) in [7, 11) is 0. The number of benzene rings is 1. The lowest BCUT2D eigenvalue weighted by Crippen LogP contribution is -1.88. The Balaban J connectivity index is 0.000000364. The molecule has 0 unspecified atom stereocenters. The second-order valence-corrected chi connectivity index (χ2v) is 2.53. The van der Waals surface area contributed by atoms with E-state index >= 15 is 0 Å². The van der Waals surface area contributed by atoms with Gasteiger partial charge < -0.3 is 15.3 Å². The lowest BCUT2D eigenvalue weighted by molar-refractivity contribution is -0.131. The molecule has 0 saturated heterocycles. The summed E-state index contributed by atoms with van der Waals surface area (Å²) in [5.74, 6) is -0.818. The van der Waals surface area contributed by atoms with Gasteiger partial charge in [0.05, 0.1) is 6.92 Å². The maximum absolute atomic E-state index is 8.89. The predicted octanol–water partition coefficient (Wildman–Crippen LogP) is 0.832. The molecule has 0 aromatic heterocycles. The molecule has 0 aliphatic heterocycles. The monoisotopic (exact) mass is 197 g/mol. The average Bonchev–Trinajstić information content (AvgIpc) is 2.08. The van der Waals surface area contributed by atoms with Crippen LogP contribution < -0.4 is 0 Å². The first kappa shape index (κ1) is 12.4. The number of hydrogen-bond donors (Lipinski definition) is 3. The summed E-state index contributed by atoms with van der Waals surface area (Å²) in [5, 5.41) is 24.7. The molecule has 1 aromatic carbocycles. The maximum atomic E-state index is 8.89. The summed E-state index contributed by atoms with van der Waals surface area (Å²) >= 11 is 0. The Kier molecular flexibility index (Phi) is 6.15. The number of carboxylic acids is 1. The lowest BCUT2D eigenvalue weighted by atomic mass is 10.2. The van der Waals surface area contributed by atoms with Gasteiger partial charge in [-0.25, -0.2) is 0 Å². The van der Waals surface area contributed by atoms with E-state index < -0.39 is 5.97 Å². The standard InChI is InChI=1S/C8H10O2.C2H3O2/c9-6-5-7-1-3-8(10)4-2-7;1-2(3)4/h1-4,9-10H,5-6H2;1H2,(H,3,4). The Morgan fingerprint density at radius 3 is 2.07 bits per heavy atom. The van der Waals surface area contributed by atoms with Gasteiger partial charge in [-0.1, -0.05) is 12.1 Å². The Hall–Kier alpha value is -1.55. The smallest absolute Gasteiger partial charge is 0.303 e. The molecule has 14 heavy (non-hydrogen) atoms. The highest BCUT2D eigenvalue weighted by Gasteiger charge is 1.90. The molecule has 0 aliphatic carbocycles. The zero-order chi connectivity index (χ0) is 11.0. The quantitative estimate of drug-likeness (QED) is 0.656. The first-order valence-corrected chi connectivity index (χ1v) is 4.00. The highest BCUT2D eigenvalue weighted by Crippen LogP contribution is 2.09. The SMILES string of the molecule is OCCc1ccc(O)cc1.[CH2]C(=O)O. The van der Waals surface area contributed by atoms with Crippen LogP contribution in [0.2, 0.25) is 0 Å². The predicted molar refractivity (Wildman–Crippen MR) is 51.9 cm³/mol. The van der Waals surface area contributed by atoms with Crippen LogP contribution in [0.3, 0.4) is 0 Å². The molecule has 3 N–H and O–H groups in total. The molecule has 0 amide bonds. The van der Waals surface area contributed by atoms with Crippen molar-refractivity contribution in [2.75, 3.05) is 6.61 Å². The molecule has 77 valence electrons. The van der Waals surface area contributed by atoms with Gasteiger partial charge >= 0.3 is 5.97 Å². The normalized spacial score (nSPS) is 8.71. The molecule has 1 rings (SSSR count). The van der Waals surface area contributed by atoms with Crippen LogP contribution in [-0.2, 0) is 11.2 Å². The highest BCUT2D eigenvalue weighted by molar-refractivity contribution is 5.71. The number of phenols is 1. The minimum absolute atomic E-state index is 0.158. The third kappa shape index (κ3) is 7.12. The summed E-state index contributed by atoms with van der Waals surface area (Å²) < 4.78 is 0. The molecule has 0 spiro atoms. The van der Waals surface area contributed by atoms with E-state index in [9.17, 15) is 0 Å². The van der Waals surface area contributed by atoms with Crippen LogP contribution in [0.1, 0.15) is 5.56 Å². The first-order valence-electron chi connectivity index (χ1n) is 4.00. The van der Waals surface area contributed by atoms with Gasteiger partial charge in [-0.05, 0) is 24.1 Å². The highest BCUT2D eigenvalue weighted by atomic mass is 16.4. The molecule has 1 radical (unpaired) electrons. The van der Waals surface area contributed by atoms with E-state index in [-0.39, 0.29) is 12.4 Å². The summed E-state index contributed by atoms with van der Waals surface area (Å²) in [4.78, 5) is 8.89. The minimum Gasteiger partial charge on any atom is -0.508 e. The maximum Gasteiger partial charge on any atom is 0.303 e. The van der Waals surface area contributed by atoms with Crippen LogP contribution in [0, 0.1) is 6.92 Å². The molecule has 0 aliphatic rings. The molecule has 0 bridgehead atoms. The van der Waals surface area contributed by atoms with Gasteiger partial charge in [0.25, 0.3) is 0 Å². The van der Waals surface area contributed by atoms with Crippen LogP contribution in [-0.4, -0.2) is 27.9 Å². The number of aliphatic hydroxyl groups excluding tert-OH is 1. The van der Waals surface area contributed by atoms with Gasteiger partial charge in [-0.2, -0.15) is 0 Å². The van der Waals surface area contributed by atoms with Crippen molar-refractivity contribution < 1.29 is 20.1 Å². The van der Waals surface area contributed by atoms with Gasteiger partial charge in [0.2, 0.25) is 0 Å². The van der Waals surface area contributed by atoms with Gasteiger partial charge in [0.1, 0.15) is 5.75 Å². The Labute approximate surface area is 82.4 Å². The van der Waals surface area contributed by atoms with Crippen molar-refractivity contribution in [2.24, 2.45) is 0 Å². The molecule has 0 fully saturated rings. The fraction of sp³-hybridized carbons (Fsp3) is 0.200. The molecule has 0 saturated carbocycles. The number of carbonyl (C=O) groups is 1. The van der Waals surface area contributed by atoms with Gasteiger partial charge in [-0.15, -0.1) is 0 Å². The zero-order valence-corrected chi connectivity index (χ0v) is 7.68. The second kappa shape index (κ2) is 6.91. The van der Waals surface area contributed by atoms with E-state index in [4.69, 9.17) is 20.1 Å². The summed E-state index contributed by atoms with van der Waals surface area (Å²) in [6.07, 6.45) is 0.653. The number of phenolic OH excluding ortho intramolecular Hbond substituents is 1. The number of carboxylic acid groups (broad SMARTS) is 1. The lowest BCUT2D eigenvalue weighted by Gasteiger charge is -1.96. The van der Waals surface area contributed by atoms with Crippen LogP contribution in [0.4, 0.5) is 0 Å². The fourth-order valence-electron chi connectivity index (χ4n) is 0.792. The van der Waals surface area contributed by atoms with Gasteiger partial charge in [0, 0.05) is 6.61 Å².